The lowest BCUT2D eigenvalue weighted by atomic mass is 10.1. The Morgan fingerprint density at radius 2 is 2.00 bits per heavy atom. The maximum absolute atomic E-state index is 12.2. The van der Waals surface area contributed by atoms with Gasteiger partial charge in [-0.3, -0.25) is 19.5 Å². The fourth-order valence-electron chi connectivity index (χ4n) is 2.67. The van der Waals surface area contributed by atoms with E-state index in [1.165, 1.54) is 18.2 Å². The molecule has 2 heterocycles. The van der Waals surface area contributed by atoms with Crippen LogP contribution in [0.15, 0.2) is 42.7 Å². The molecule has 2 aromatic heterocycles. The molecule has 0 aliphatic rings. The Bertz CT molecular complexity index is 1020. The molecule has 0 fully saturated rings. The molecule has 3 aromatic rings. The maximum atomic E-state index is 12.2. The van der Waals surface area contributed by atoms with Crippen molar-refractivity contribution in [2.45, 2.75) is 13.8 Å². The Morgan fingerprint density at radius 3 is 2.71 bits per heavy atom. The van der Waals surface area contributed by atoms with E-state index in [1.807, 2.05) is 17.7 Å². The Hall–Kier alpha value is -3.82. The van der Waals surface area contributed by atoms with E-state index in [-0.39, 0.29) is 17.8 Å². The number of aromatic nitrogens is 4. The minimum absolute atomic E-state index is 0.0308. The van der Waals surface area contributed by atoms with Crippen LogP contribution in [0.25, 0.3) is 5.82 Å². The number of imidazole rings is 1. The van der Waals surface area contributed by atoms with Gasteiger partial charge in [0.25, 0.3) is 11.6 Å². The number of nitrogens with zero attached hydrogens (tertiary/aromatic N) is 5. The average molecular weight is 381 g/mol. The lowest BCUT2D eigenvalue weighted by Crippen LogP contribution is -2.29. The quantitative estimate of drug-likeness (QED) is 0.364. The summed E-state index contributed by atoms with van der Waals surface area (Å²) in [6, 6.07) is 7.62. The second-order valence-corrected chi connectivity index (χ2v) is 5.96. The average Bonchev–Trinajstić information content (AvgIpc) is 3.10. The van der Waals surface area contributed by atoms with E-state index in [1.54, 1.807) is 25.3 Å². The number of carbonyl (C=O) groups is 1. The largest absolute Gasteiger partial charge is 0.368 e. The molecule has 0 bridgehead atoms. The van der Waals surface area contributed by atoms with Gasteiger partial charge in [0.1, 0.15) is 28.8 Å². The van der Waals surface area contributed by atoms with Crippen molar-refractivity contribution in [2.24, 2.45) is 0 Å². The summed E-state index contributed by atoms with van der Waals surface area (Å²) in [5, 5.41) is 16.8. The number of nitro groups is 1. The first kappa shape index (κ1) is 19.0. The summed E-state index contributed by atoms with van der Waals surface area (Å²) >= 11 is 0. The van der Waals surface area contributed by atoms with Crippen LogP contribution in [0.4, 0.5) is 11.5 Å². The Morgan fingerprint density at radius 1 is 1.21 bits per heavy atom. The highest BCUT2D eigenvalue weighted by atomic mass is 16.6. The van der Waals surface area contributed by atoms with Gasteiger partial charge in [-0.05, 0) is 19.9 Å². The van der Waals surface area contributed by atoms with Gasteiger partial charge in [-0.25, -0.2) is 15.0 Å². The fourth-order valence-corrected chi connectivity index (χ4v) is 2.67. The summed E-state index contributed by atoms with van der Waals surface area (Å²) in [4.78, 5) is 35.6. The Labute approximate surface area is 160 Å². The van der Waals surface area contributed by atoms with Gasteiger partial charge >= 0.3 is 0 Å². The molecule has 10 nitrogen and oxygen atoms in total. The van der Waals surface area contributed by atoms with Crippen molar-refractivity contribution in [3.63, 3.8) is 0 Å². The van der Waals surface area contributed by atoms with Crippen LogP contribution in [0.5, 0.6) is 0 Å². The summed E-state index contributed by atoms with van der Waals surface area (Å²) < 4.78 is 1.84. The topological polar surface area (TPSA) is 128 Å². The molecular weight excluding hydrogens is 362 g/mol. The number of aryl methyl sites for hydroxylation is 2. The van der Waals surface area contributed by atoms with Crippen molar-refractivity contribution in [2.75, 3.05) is 18.4 Å². The Kier molecular flexibility index (Phi) is 5.58. The molecule has 0 radical (unpaired) electrons. The third kappa shape index (κ3) is 4.29. The zero-order valence-corrected chi connectivity index (χ0v) is 15.4. The van der Waals surface area contributed by atoms with Crippen LogP contribution in [-0.2, 0) is 0 Å². The molecule has 1 aromatic carbocycles. The van der Waals surface area contributed by atoms with Crippen molar-refractivity contribution in [3.05, 3.63) is 70.1 Å². The predicted molar refractivity (Wildman–Crippen MR) is 103 cm³/mol. The van der Waals surface area contributed by atoms with Crippen LogP contribution in [0.3, 0.4) is 0 Å². The van der Waals surface area contributed by atoms with Crippen molar-refractivity contribution in [1.29, 1.82) is 0 Å². The number of benzene rings is 1. The van der Waals surface area contributed by atoms with Gasteiger partial charge in [0, 0.05) is 37.6 Å². The monoisotopic (exact) mass is 381 g/mol. The minimum atomic E-state index is -0.573. The second kappa shape index (κ2) is 8.25. The van der Waals surface area contributed by atoms with Gasteiger partial charge in [-0.15, -0.1) is 0 Å². The summed E-state index contributed by atoms with van der Waals surface area (Å²) in [5.74, 6) is 2.20. The molecule has 3 rings (SSSR count). The number of anilines is 1. The smallest absolute Gasteiger partial charge is 0.282 e. The molecule has 0 aliphatic carbocycles. The van der Waals surface area contributed by atoms with Gasteiger partial charge < -0.3 is 10.6 Å². The molecule has 28 heavy (non-hydrogen) atoms. The van der Waals surface area contributed by atoms with E-state index in [9.17, 15) is 14.9 Å². The number of hydrogen-bond acceptors (Lipinski definition) is 7. The number of hydrogen-bond donors (Lipinski definition) is 2. The van der Waals surface area contributed by atoms with Gasteiger partial charge in [0.15, 0.2) is 0 Å². The number of nitro benzene ring substituents is 1. The lowest BCUT2D eigenvalue weighted by molar-refractivity contribution is -0.385. The molecule has 0 unspecified atom stereocenters. The van der Waals surface area contributed by atoms with E-state index in [0.717, 1.165) is 5.82 Å². The normalized spacial score (nSPS) is 10.5. The first-order valence-corrected chi connectivity index (χ1v) is 8.57. The van der Waals surface area contributed by atoms with Crippen LogP contribution in [0.2, 0.25) is 0 Å². The minimum Gasteiger partial charge on any atom is -0.368 e. The third-order valence-corrected chi connectivity index (χ3v) is 3.96. The summed E-state index contributed by atoms with van der Waals surface area (Å²) in [6.45, 7) is 4.33. The summed E-state index contributed by atoms with van der Waals surface area (Å²) in [5.41, 5.74) is -0.192. The Balaban J connectivity index is 1.60. The van der Waals surface area contributed by atoms with E-state index in [2.05, 4.69) is 25.6 Å². The third-order valence-electron chi connectivity index (χ3n) is 3.96. The molecule has 0 spiro atoms. The first-order valence-electron chi connectivity index (χ1n) is 8.57. The molecular formula is C18H19N7O3. The highest BCUT2D eigenvalue weighted by molar-refractivity contribution is 5.98. The van der Waals surface area contributed by atoms with Gasteiger partial charge in [-0.2, -0.15) is 0 Å². The van der Waals surface area contributed by atoms with Crippen LogP contribution in [-0.4, -0.2) is 43.4 Å². The number of para-hydroxylation sites is 1. The molecule has 0 atom stereocenters. The molecule has 0 aliphatic heterocycles. The van der Waals surface area contributed by atoms with Crippen LogP contribution in [0, 0.1) is 24.0 Å². The zero-order chi connectivity index (χ0) is 20.1. The molecule has 144 valence electrons. The predicted octanol–water partition coefficient (Wildman–Crippen LogP) is 2.03. The fraction of sp³-hybridized carbons (Fsp3) is 0.222. The zero-order valence-electron chi connectivity index (χ0n) is 15.4. The second-order valence-electron chi connectivity index (χ2n) is 5.96. The van der Waals surface area contributed by atoms with Crippen molar-refractivity contribution < 1.29 is 9.72 Å². The molecule has 0 saturated heterocycles. The van der Waals surface area contributed by atoms with E-state index in [0.29, 0.717) is 24.0 Å². The number of rotatable bonds is 7. The van der Waals surface area contributed by atoms with Crippen LogP contribution >= 0.6 is 0 Å². The molecule has 1 amide bonds. The molecule has 2 N–H and O–H groups in total. The van der Waals surface area contributed by atoms with E-state index >= 15 is 0 Å². The highest BCUT2D eigenvalue weighted by Gasteiger charge is 2.18. The molecule has 10 heteroatoms. The number of carbonyl (C=O) groups excluding carboxylic acids is 1. The van der Waals surface area contributed by atoms with Gasteiger partial charge in [0.05, 0.1) is 4.92 Å². The maximum Gasteiger partial charge on any atom is 0.282 e. The molecule has 0 saturated carbocycles. The SMILES string of the molecule is Cc1nc(NCCNC(=O)c2ccccc2[N+](=O)[O-])cc(-n2ccnc2C)n1. The van der Waals surface area contributed by atoms with E-state index < -0.39 is 10.8 Å². The van der Waals surface area contributed by atoms with Crippen molar-refractivity contribution >= 4 is 17.4 Å². The summed E-state index contributed by atoms with van der Waals surface area (Å²) in [7, 11) is 0. The number of nitrogens with one attached hydrogen (secondary N) is 2. The van der Waals surface area contributed by atoms with Gasteiger partial charge in [0.2, 0.25) is 0 Å². The van der Waals surface area contributed by atoms with Crippen LogP contribution < -0.4 is 10.6 Å². The van der Waals surface area contributed by atoms with Crippen molar-refractivity contribution in [1.82, 2.24) is 24.8 Å². The van der Waals surface area contributed by atoms with Gasteiger partial charge in [-0.1, -0.05) is 12.1 Å². The highest BCUT2D eigenvalue weighted by Crippen LogP contribution is 2.17. The van der Waals surface area contributed by atoms with Crippen LogP contribution in [0.1, 0.15) is 22.0 Å². The van der Waals surface area contributed by atoms with E-state index in [4.69, 9.17) is 0 Å². The standard InChI is InChI=1S/C18H19N7O3/c1-12-22-16(11-17(23-12)24-10-9-19-13(24)2)20-7-8-21-18(26)14-5-3-4-6-15(14)25(27)28/h3-6,9-11H,7-8H2,1-2H3,(H,21,26)(H,20,22,23). The number of amides is 1. The summed E-state index contributed by atoms with van der Waals surface area (Å²) in [6.07, 6.45) is 3.51. The first-order chi connectivity index (χ1) is 13.5. The van der Waals surface area contributed by atoms with Crippen molar-refractivity contribution in [3.8, 4) is 5.82 Å². The lowest BCUT2D eigenvalue weighted by Gasteiger charge is -2.10.